The monoisotopic (exact) mass is 326 g/mol. The van der Waals surface area contributed by atoms with Crippen molar-refractivity contribution < 1.29 is 4.79 Å². The fourth-order valence-electron chi connectivity index (χ4n) is 2.58. The number of aryl methyl sites for hydroxylation is 1. The summed E-state index contributed by atoms with van der Waals surface area (Å²) in [5.41, 5.74) is 0.276. The van der Waals surface area contributed by atoms with Gasteiger partial charge in [-0.25, -0.2) is 4.98 Å². The fraction of sp³-hybridized carbons (Fsp3) is 0.538. The molecule has 0 spiro atoms. The molecule has 9 heteroatoms. The molecular formula is C13H19ClN6O2. The molecule has 22 heavy (non-hydrogen) atoms. The number of amides is 1. The molecule has 2 aromatic rings. The van der Waals surface area contributed by atoms with Crippen LogP contribution in [-0.4, -0.2) is 44.4 Å². The van der Waals surface area contributed by atoms with Crippen LogP contribution < -0.4 is 16.2 Å². The first-order chi connectivity index (χ1) is 10.1. The number of carbonyl (C=O) groups excluding carboxylic acids is 1. The molecule has 8 nitrogen and oxygen atoms in total. The molecule has 1 aliphatic heterocycles. The highest BCUT2D eigenvalue weighted by Crippen LogP contribution is 2.04. The Hall–Kier alpha value is -1.93. The van der Waals surface area contributed by atoms with Crippen LogP contribution in [0.3, 0.4) is 0 Å². The average molecular weight is 327 g/mol. The molecule has 3 heterocycles. The summed E-state index contributed by atoms with van der Waals surface area (Å²) in [6.07, 6.45) is 4.89. The second-order valence-electron chi connectivity index (χ2n) is 5.29. The standard InChI is InChI=1S/C13H18N6O2.ClH/c1-18-12-10(6-16-18)13(21)19(8-15-12)7-11(20)17-9-3-2-4-14-5-9;/h6,8-9,14H,2-5,7H2,1H3,(H,17,20);1H/t9-;/m0./s1. The quantitative estimate of drug-likeness (QED) is 0.787. The zero-order valence-corrected chi connectivity index (χ0v) is 13.1. The van der Waals surface area contributed by atoms with Gasteiger partial charge in [0.05, 0.1) is 6.20 Å². The summed E-state index contributed by atoms with van der Waals surface area (Å²) < 4.78 is 2.85. The van der Waals surface area contributed by atoms with Gasteiger partial charge in [-0.05, 0) is 19.4 Å². The Morgan fingerprint density at radius 1 is 1.55 bits per heavy atom. The van der Waals surface area contributed by atoms with Crippen LogP contribution >= 0.6 is 12.4 Å². The lowest BCUT2D eigenvalue weighted by Crippen LogP contribution is -2.47. The third-order valence-corrected chi connectivity index (χ3v) is 3.69. The van der Waals surface area contributed by atoms with Gasteiger partial charge in [-0.3, -0.25) is 18.8 Å². The number of piperidine rings is 1. The highest BCUT2D eigenvalue weighted by molar-refractivity contribution is 5.85. The Labute approximate surface area is 133 Å². The van der Waals surface area contributed by atoms with Gasteiger partial charge in [0.1, 0.15) is 18.3 Å². The Bertz CT molecular complexity index is 719. The zero-order chi connectivity index (χ0) is 14.8. The molecule has 1 amide bonds. The van der Waals surface area contributed by atoms with E-state index in [9.17, 15) is 9.59 Å². The molecule has 2 aromatic heterocycles. The van der Waals surface area contributed by atoms with Crippen LogP contribution in [0.25, 0.3) is 11.0 Å². The zero-order valence-electron chi connectivity index (χ0n) is 12.3. The molecule has 0 aliphatic carbocycles. The second-order valence-corrected chi connectivity index (χ2v) is 5.29. The van der Waals surface area contributed by atoms with Crippen LogP contribution in [0, 0.1) is 0 Å². The Morgan fingerprint density at radius 3 is 3.09 bits per heavy atom. The molecule has 1 saturated heterocycles. The molecule has 1 fully saturated rings. The number of hydrogen-bond donors (Lipinski definition) is 2. The van der Waals surface area contributed by atoms with Crippen LogP contribution in [-0.2, 0) is 18.4 Å². The van der Waals surface area contributed by atoms with Gasteiger partial charge < -0.3 is 10.6 Å². The maximum absolute atomic E-state index is 12.2. The van der Waals surface area contributed by atoms with Crippen LogP contribution in [0.15, 0.2) is 17.3 Å². The van der Waals surface area contributed by atoms with Crippen molar-refractivity contribution in [1.82, 2.24) is 30.0 Å². The lowest BCUT2D eigenvalue weighted by Gasteiger charge is -2.23. The van der Waals surface area contributed by atoms with Gasteiger partial charge >= 0.3 is 0 Å². The van der Waals surface area contributed by atoms with Gasteiger partial charge in [0, 0.05) is 19.6 Å². The van der Waals surface area contributed by atoms with Gasteiger partial charge in [-0.2, -0.15) is 5.10 Å². The van der Waals surface area contributed by atoms with Crippen molar-refractivity contribution in [2.45, 2.75) is 25.4 Å². The first-order valence-electron chi connectivity index (χ1n) is 7.02. The summed E-state index contributed by atoms with van der Waals surface area (Å²) in [5.74, 6) is -0.171. The molecule has 0 bridgehead atoms. The normalized spacial score (nSPS) is 18.0. The molecule has 1 aliphatic rings. The number of fused-ring (bicyclic) bond motifs is 1. The molecule has 0 saturated carbocycles. The average Bonchev–Trinajstić information content (AvgIpc) is 2.85. The highest BCUT2D eigenvalue weighted by Gasteiger charge is 2.16. The van der Waals surface area contributed by atoms with E-state index in [0.29, 0.717) is 11.0 Å². The SMILES string of the molecule is Cl.Cn1ncc2c(=O)n(CC(=O)N[C@H]3CCCNC3)cnc21. The minimum atomic E-state index is -0.245. The Kier molecular flexibility index (Phi) is 5.15. The molecule has 0 radical (unpaired) electrons. The Balaban J connectivity index is 0.00000176. The van der Waals surface area contributed by atoms with Crippen molar-refractivity contribution in [1.29, 1.82) is 0 Å². The van der Waals surface area contributed by atoms with Crippen LogP contribution in [0.4, 0.5) is 0 Å². The summed E-state index contributed by atoms with van der Waals surface area (Å²) in [4.78, 5) is 28.4. The summed E-state index contributed by atoms with van der Waals surface area (Å²) >= 11 is 0. The van der Waals surface area contributed by atoms with Crippen molar-refractivity contribution in [3.05, 3.63) is 22.9 Å². The van der Waals surface area contributed by atoms with E-state index in [4.69, 9.17) is 0 Å². The highest BCUT2D eigenvalue weighted by atomic mass is 35.5. The summed E-state index contributed by atoms with van der Waals surface area (Å²) in [6, 6.07) is 0.136. The maximum Gasteiger partial charge on any atom is 0.264 e. The molecule has 3 rings (SSSR count). The third kappa shape index (κ3) is 3.28. The van der Waals surface area contributed by atoms with Crippen molar-refractivity contribution >= 4 is 29.3 Å². The second kappa shape index (κ2) is 6.89. The third-order valence-electron chi connectivity index (χ3n) is 3.69. The van der Waals surface area contributed by atoms with Crippen LogP contribution in [0.1, 0.15) is 12.8 Å². The van der Waals surface area contributed by atoms with Gasteiger partial charge in [0.25, 0.3) is 5.56 Å². The molecule has 120 valence electrons. The molecule has 0 unspecified atom stereocenters. The molecule has 1 atom stereocenters. The predicted octanol–water partition coefficient (Wildman–Crippen LogP) is -0.580. The molecule has 0 aromatic carbocycles. The van der Waals surface area contributed by atoms with Crippen LogP contribution in [0.2, 0.25) is 0 Å². The van der Waals surface area contributed by atoms with Gasteiger partial charge in [-0.15, -0.1) is 12.4 Å². The number of halogens is 1. The number of nitrogens with zero attached hydrogens (tertiary/aromatic N) is 4. The van der Waals surface area contributed by atoms with E-state index in [1.165, 1.54) is 21.8 Å². The van der Waals surface area contributed by atoms with Gasteiger partial charge in [0.2, 0.25) is 5.91 Å². The molecule has 2 N–H and O–H groups in total. The van der Waals surface area contributed by atoms with E-state index >= 15 is 0 Å². The largest absolute Gasteiger partial charge is 0.351 e. The lowest BCUT2D eigenvalue weighted by atomic mass is 10.1. The van der Waals surface area contributed by atoms with Crippen molar-refractivity contribution in [3.63, 3.8) is 0 Å². The maximum atomic E-state index is 12.2. The van der Waals surface area contributed by atoms with Crippen molar-refractivity contribution in [2.75, 3.05) is 13.1 Å². The minimum Gasteiger partial charge on any atom is -0.351 e. The van der Waals surface area contributed by atoms with Gasteiger partial charge in [0.15, 0.2) is 5.65 Å². The van der Waals surface area contributed by atoms with Crippen molar-refractivity contribution in [3.8, 4) is 0 Å². The smallest absolute Gasteiger partial charge is 0.264 e. The van der Waals surface area contributed by atoms with E-state index < -0.39 is 0 Å². The number of nitrogens with one attached hydrogen (secondary N) is 2. The van der Waals surface area contributed by atoms with Crippen LogP contribution in [0.5, 0.6) is 0 Å². The number of rotatable bonds is 3. The van der Waals surface area contributed by atoms with E-state index in [2.05, 4.69) is 20.7 Å². The summed E-state index contributed by atoms with van der Waals surface area (Å²) in [5, 5.41) is 10.6. The van der Waals surface area contributed by atoms with Crippen molar-refractivity contribution in [2.24, 2.45) is 7.05 Å². The topological polar surface area (TPSA) is 93.8 Å². The van der Waals surface area contributed by atoms with E-state index in [1.54, 1.807) is 7.05 Å². The van der Waals surface area contributed by atoms with Gasteiger partial charge in [-0.1, -0.05) is 0 Å². The number of hydrogen-bond acceptors (Lipinski definition) is 5. The first kappa shape index (κ1) is 16.4. The first-order valence-corrected chi connectivity index (χ1v) is 7.02. The predicted molar refractivity (Wildman–Crippen MR) is 84.1 cm³/mol. The van der Waals surface area contributed by atoms with E-state index in [0.717, 1.165) is 25.9 Å². The number of aromatic nitrogens is 4. The summed E-state index contributed by atoms with van der Waals surface area (Å²) in [6.45, 7) is 1.75. The fourth-order valence-corrected chi connectivity index (χ4v) is 2.58. The molecular weight excluding hydrogens is 308 g/mol. The Morgan fingerprint density at radius 2 is 2.36 bits per heavy atom. The number of carbonyl (C=O) groups is 1. The minimum absolute atomic E-state index is 0. The summed E-state index contributed by atoms with van der Waals surface area (Å²) in [7, 11) is 1.72. The van der Waals surface area contributed by atoms with E-state index in [-0.39, 0.29) is 36.5 Å². The van der Waals surface area contributed by atoms with E-state index in [1.807, 2.05) is 0 Å². The lowest BCUT2D eigenvalue weighted by molar-refractivity contribution is -0.122.